The summed E-state index contributed by atoms with van der Waals surface area (Å²) in [6.45, 7) is 1.80. The maximum Gasteiger partial charge on any atom is 0.202 e. The molecule has 0 saturated heterocycles. The molecule has 0 amide bonds. The first kappa shape index (κ1) is 10.2. The van der Waals surface area contributed by atoms with Gasteiger partial charge in [-0.05, 0) is 19.1 Å². The van der Waals surface area contributed by atoms with Gasteiger partial charge < -0.3 is 4.89 Å². The summed E-state index contributed by atoms with van der Waals surface area (Å²) in [5.41, 5.74) is 0.783. The van der Waals surface area contributed by atoms with E-state index in [4.69, 9.17) is 16.9 Å². The normalized spacial score (nSPS) is 8.64. The fourth-order valence-electron chi connectivity index (χ4n) is 0.580. The highest BCUT2D eigenvalue weighted by molar-refractivity contribution is 6.30. The molecule has 1 rings (SSSR count). The third-order valence-electron chi connectivity index (χ3n) is 1.05. The number of pyridine rings is 1. The molecule has 3 nitrogen and oxygen atoms in total. The van der Waals surface area contributed by atoms with Gasteiger partial charge in [-0.2, -0.15) is 0 Å². The predicted molar refractivity (Wildman–Crippen MR) is 44.0 cm³/mol. The molecule has 4 heteroatoms. The van der Waals surface area contributed by atoms with E-state index < -0.39 is 0 Å². The van der Waals surface area contributed by atoms with Crippen LogP contribution in [0.2, 0.25) is 5.15 Å². The maximum absolute atomic E-state index is 8.18. The van der Waals surface area contributed by atoms with E-state index in [9.17, 15) is 0 Å². The summed E-state index contributed by atoms with van der Waals surface area (Å²) >= 11 is 5.53. The first-order chi connectivity index (χ1) is 4.74. The van der Waals surface area contributed by atoms with Crippen LogP contribution in [0.25, 0.3) is 0 Å². The van der Waals surface area contributed by atoms with Crippen molar-refractivity contribution in [3.8, 4) is 5.75 Å². The third kappa shape index (κ3) is 2.37. The largest absolute Gasteiger partial charge is 0.337 e. The number of hydrogen-bond donors (Lipinski definition) is 1. The third-order valence-corrected chi connectivity index (χ3v) is 1.32. The minimum atomic E-state index is 0. The smallest absolute Gasteiger partial charge is 0.202 e. The fraction of sp³-hybridized carbons (Fsp3) is 0.286. The van der Waals surface area contributed by atoms with Gasteiger partial charge in [0, 0.05) is 5.69 Å². The van der Waals surface area contributed by atoms with Gasteiger partial charge in [-0.3, -0.25) is 0 Å². The van der Waals surface area contributed by atoms with Crippen LogP contribution < -0.4 is 4.89 Å². The molecule has 62 valence electrons. The van der Waals surface area contributed by atoms with Gasteiger partial charge in [0.05, 0.1) is 0 Å². The van der Waals surface area contributed by atoms with Crippen LogP contribution >= 0.6 is 11.6 Å². The molecule has 0 spiro atoms. The van der Waals surface area contributed by atoms with E-state index in [1.165, 1.54) is 0 Å². The van der Waals surface area contributed by atoms with Gasteiger partial charge in [0.2, 0.25) is 5.75 Å². The molecule has 0 fully saturated rings. The van der Waals surface area contributed by atoms with Gasteiger partial charge in [0.25, 0.3) is 0 Å². The summed E-state index contributed by atoms with van der Waals surface area (Å²) in [7, 11) is 0. The lowest BCUT2D eigenvalue weighted by Gasteiger charge is -1.98. The topological polar surface area (TPSA) is 42.4 Å². The van der Waals surface area contributed by atoms with Gasteiger partial charge in [-0.15, -0.1) is 0 Å². The van der Waals surface area contributed by atoms with Crippen molar-refractivity contribution in [2.75, 3.05) is 0 Å². The zero-order valence-corrected chi connectivity index (χ0v) is 6.09. The maximum atomic E-state index is 8.18. The minimum Gasteiger partial charge on any atom is -0.337 e. The van der Waals surface area contributed by atoms with Gasteiger partial charge in [0.15, 0.2) is 5.15 Å². The molecular weight excluding hydrogens is 166 g/mol. The van der Waals surface area contributed by atoms with Crippen LogP contribution in [0.3, 0.4) is 0 Å². The van der Waals surface area contributed by atoms with Gasteiger partial charge >= 0.3 is 0 Å². The van der Waals surface area contributed by atoms with Crippen molar-refractivity contribution >= 4 is 11.6 Å². The molecular formula is C7H10ClNO2. The van der Waals surface area contributed by atoms with Crippen molar-refractivity contribution in [3.63, 3.8) is 0 Å². The van der Waals surface area contributed by atoms with Gasteiger partial charge in [0.1, 0.15) is 0 Å². The molecule has 0 aliphatic carbocycles. The van der Waals surface area contributed by atoms with Gasteiger partial charge in [-0.25, -0.2) is 10.2 Å². The number of nitrogens with zero attached hydrogens (tertiary/aromatic N) is 1. The minimum absolute atomic E-state index is 0. The monoisotopic (exact) mass is 175 g/mol. The van der Waals surface area contributed by atoms with Crippen molar-refractivity contribution in [3.05, 3.63) is 23.0 Å². The zero-order chi connectivity index (χ0) is 7.56. The van der Waals surface area contributed by atoms with E-state index in [1.807, 2.05) is 0 Å². The summed E-state index contributed by atoms with van der Waals surface area (Å²) in [5.74, 6) is 0.173. The number of aromatic nitrogens is 1. The molecule has 1 aromatic heterocycles. The number of aryl methyl sites for hydroxylation is 1. The molecule has 0 radical (unpaired) electrons. The van der Waals surface area contributed by atoms with Crippen molar-refractivity contribution in [1.82, 2.24) is 4.98 Å². The highest BCUT2D eigenvalue weighted by Crippen LogP contribution is 2.20. The van der Waals surface area contributed by atoms with E-state index in [0.717, 1.165) is 5.69 Å². The van der Waals surface area contributed by atoms with Crippen LogP contribution in [0.4, 0.5) is 0 Å². The Morgan fingerprint density at radius 3 is 2.64 bits per heavy atom. The van der Waals surface area contributed by atoms with E-state index in [-0.39, 0.29) is 18.3 Å². The highest BCUT2D eigenvalue weighted by Gasteiger charge is 2.00. The molecule has 0 saturated carbocycles. The number of halogens is 1. The van der Waals surface area contributed by atoms with Crippen LogP contribution in [0, 0.1) is 6.92 Å². The van der Waals surface area contributed by atoms with Crippen LogP contribution in [0.15, 0.2) is 12.1 Å². The molecule has 0 aliphatic rings. The van der Waals surface area contributed by atoms with Crippen LogP contribution in [0.1, 0.15) is 13.1 Å². The number of hydrogen-bond acceptors (Lipinski definition) is 3. The quantitative estimate of drug-likeness (QED) is 0.405. The Balaban J connectivity index is 0.000001000. The fourth-order valence-corrected chi connectivity index (χ4v) is 0.811. The second-order valence-electron chi connectivity index (χ2n) is 1.83. The van der Waals surface area contributed by atoms with Crippen LogP contribution in [-0.2, 0) is 0 Å². The number of rotatable bonds is 1. The Morgan fingerprint density at radius 1 is 1.55 bits per heavy atom. The first-order valence-corrected chi connectivity index (χ1v) is 3.06. The highest BCUT2D eigenvalue weighted by atomic mass is 35.5. The summed E-state index contributed by atoms with van der Waals surface area (Å²) < 4.78 is 0. The molecule has 0 atom stereocenters. The summed E-state index contributed by atoms with van der Waals surface area (Å²) in [4.78, 5) is 7.73. The molecule has 0 aromatic carbocycles. The average Bonchev–Trinajstić information content (AvgIpc) is 1.88. The van der Waals surface area contributed by atoms with Gasteiger partial charge in [-0.1, -0.05) is 19.0 Å². The second-order valence-corrected chi connectivity index (χ2v) is 2.19. The first-order valence-electron chi connectivity index (χ1n) is 2.68. The molecule has 11 heavy (non-hydrogen) atoms. The van der Waals surface area contributed by atoms with Crippen molar-refractivity contribution < 1.29 is 10.1 Å². The second kappa shape index (κ2) is 4.16. The standard InChI is InChI=1S/C6H6ClNO2.CH4/c1-4-2-3-5(10-9)6(7)8-4;/h2-3,9H,1H3;1H4. The van der Waals surface area contributed by atoms with E-state index in [1.54, 1.807) is 19.1 Å². The van der Waals surface area contributed by atoms with Crippen LogP contribution in [0.5, 0.6) is 5.75 Å². The Morgan fingerprint density at radius 2 is 2.18 bits per heavy atom. The van der Waals surface area contributed by atoms with Crippen molar-refractivity contribution in [1.29, 1.82) is 0 Å². The Labute approximate surface area is 70.5 Å². The predicted octanol–water partition coefficient (Wildman–Crippen LogP) is 2.53. The SMILES string of the molecule is C.Cc1ccc(OO)c(Cl)n1. The van der Waals surface area contributed by atoms with Crippen molar-refractivity contribution in [2.45, 2.75) is 14.4 Å². The molecule has 1 heterocycles. The summed E-state index contributed by atoms with van der Waals surface area (Å²) in [6.07, 6.45) is 0. The molecule has 0 unspecified atom stereocenters. The molecule has 0 aliphatic heterocycles. The van der Waals surface area contributed by atoms with E-state index >= 15 is 0 Å². The summed E-state index contributed by atoms with van der Waals surface area (Å²) in [6, 6.07) is 3.24. The lowest BCUT2D eigenvalue weighted by atomic mass is 10.4. The van der Waals surface area contributed by atoms with E-state index in [0.29, 0.717) is 0 Å². The Hall–Kier alpha value is -0.800. The molecule has 1 N–H and O–H groups in total. The molecule has 0 bridgehead atoms. The molecule has 1 aromatic rings. The zero-order valence-electron chi connectivity index (χ0n) is 5.34. The average molecular weight is 176 g/mol. The van der Waals surface area contributed by atoms with E-state index in [2.05, 4.69) is 9.87 Å². The Kier molecular flexibility index (Phi) is 3.85. The lowest BCUT2D eigenvalue weighted by Crippen LogP contribution is -1.88. The van der Waals surface area contributed by atoms with Crippen molar-refractivity contribution in [2.24, 2.45) is 0 Å². The Bertz CT molecular complexity index is 240. The lowest BCUT2D eigenvalue weighted by molar-refractivity contribution is -0.137. The van der Waals surface area contributed by atoms with Crippen LogP contribution in [-0.4, -0.2) is 10.2 Å². The summed E-state index contributed by atoms with van der Waals surface area (Å²) in [5, 5.41) is 8.35.